The van der Waals surface area contributed by atoms with Crippen molar-refractivity contribution >= 4 is 12.2 Å². The summed E-state index contributed by atoms with van der Waals surface area (Å²) in [5, 5.41) is 2.68. The molecule has 1 aromatic carbocycles. The summed E-state index contributed by atoms with van der Waals surface area (Å²) < 4.78 is 4.95. The quantitative estimate of drug-likeness (QED) is 0.845. The molecule has 0 aromatic heterocycles. The van der Waals surface area contributed by atoms with Crippen molar-refractivity contribution in [2.75, 3.05) is 0 Å². The van der Waals surface area contributed by atoms with Gasteiger partial charge in [0.1, 0.15) is 0 Å². The van der Waals surface area contributed by atoms with E-state index in [2.05, 4.69) is 11.9 Å². The van der Waals surface area contributed by atoms with E-state index in [0.29, 0.717) is 6.54 Å². The van der Waals surface area contributed by atoms with Crippen molar-refractivity contribution in [2.24, 2.45) is 0 Å². The molecule has 1 amide bonds. The Morgan fingerprint density at radius 2 is 2.06 bits per heavy atom. The van der Waals surface area contributed by atoms with E-state index in [-0.39, 0.29) is 12.2 Å². The fourth-order valence-electron chi connectivity index (χ4n) is 1.20. The first kappa shape index (κ1) is 12.3. The van der Waals surface area contributed by atoms with Gasteiger partial charge in [-0.05, 0) is 25.0 Å². The number of hydrogen-bond acceptors (Lipinski definition) is 2. The SMILES string of the molecule is C=Cc1ccc(CNC(=O)OC(C)C)cc1. The lowest BCUT2D eigenvalue weighted by Crippen LogP contribution is -2.26. The van der Waals surface area contributed by atoms with Gasteiger partial charge in [0.25, 0.3) is 0 Å². The van der Waals surface area contributed by atoms with Crippen molar-refractivity contribution in [3.05, 3.63) is 42.0 Å². The van der Waals surface area contributed by atoms with Crippen LogP contribution in [-0.4, -0.2) is 12.2 Å². The van der Waals surface area contributed by atoms with Crippen LogP contribution in [0.3, 0.4) is 0 Å². The Balaban J connectivity index is 2.42. The standard InChI is InChI=1S/C13H17NO2/c1-4-11-5-7-12(8-6-11)9-14-13(15)16-10(2)3/h4-8,10H,1,9H2,2-3H3,(H,14,15). The third kappa shape index (κ3) is 4.17. The van der Waals surface area contributed by atoms with Gasteiger partial charge >= 0.3 is 6.09 Å². The van der Waals surface area contributed by atoms with Gasteiger partial charge in [0.15, 0.2) is 0 Å². The van der Waals surface area contributed by atoms with Crippen LogP contribution in [-0.2, 0) is 11.3 Å². The molecule has 0 unspecified atom stereocenters. The summed E-state index contributed by atoms with van der Waals surface area (Å²) in [6.07, 6.45) is 1.30. The lowest BCUT2D eigenvalue weighted by atomic mass is 10.1. The van der Waals surface area contributed by atoms with Gasteiger partial charge in [0, 0.05) is 6.54 Å². The van der Waals surface area contributed by atoms with Crippen LogP contribution in [0.5, 0.6) is 0 Å². The van der Waals surface area contributed by atoms with E-state index >= 15 is 0 Å². The Hall–Kier alpha value is -1.77. The second-order valence-electron chi connectivity index (χ2n) is 3.75. The Bertz CT molecular complexity index is 355. The molecule has 0 radical (unpaired) electrons. The molecule has 1 aromatic rings. The predicted octanol–water partition coefficient (Wildman–Crippen LogP) is 2.96. The number of benzene rings is 1. The summed E-state index contributed by atoms with van der Waals surface area (Å²) in [7, 11) is 0. The molecule has 0 saturated heterocycles. The van der Waals surface area contributed by atoms with Gasteiger partial charge < -0.3 is 10.1 Å². The van der Waals surface area contributed by atoms with Crippen molar-refractivity contribution in [3.63, 3.8) is 0 Å². The van der Waals surface area contributed by atoms with Crippen molar-refractivity contribution in [2.45, 2.75) is 26.5 Å². The molecule has 16 heavy (non-hydrogen) atoms. The van der Waals surface area contributed by atoms with Gasteiger partial charge in [-0.3, -0.25) is 0 Å². The zero-order valence-corrected chi connectivity index (χ0v) is 9.69. The van der Waals surface area contributed by atoms with Crippen LogP contribution in [0.25, 0.3) is 6.08 Å². The van der Waals surface area contributed by atoms with E-state index in [1.165, 1.54) is 0 Å². The van der Waals surface area contributed by atoms with E-state index in [4.69, 9.17) is 4.74 Å². The molecule has 1 N–H and O–H groups in total. The van der Waals surface area contributed by atoms with Crippen LogP contribution in [0.2, 0.25) is 0 Å². The smallest absolute Gasteiger partial charge is 0.407 e. The summed E-state index contributed by atoms with van der Waals surface area (Å²) in [5.41, 5.74) is 2.10. The van der Waals surface area contributed by atoms with Gasteiger partial charge in [-0.25, -0.2) is 4.79 Å². The monoisotopic (exact) mass is 219 g/mol. The molecule has 0 aliphatic heterocycles. The van der Waals surface area contributed by atoms with Crippen LogP contribution in [0.1, 0.15) is 25.0 Å². The number of amides is 1. The maximum Gasteiger partial charge on any atom is 0.407 e. The molecule has 1 rings (SSSR count). The number of rotatable bonds is 4. The highest BCUT2D eigenvalue weighted by molar-refractivity contribution is 5.67. The fraction of sp³-hybridized carbons (Fsp3) is 0.308. The van der Waals surface area contributed by atoms with Gasteiger partial charge in [0.05, 0.1) is 6.10 Å². The number of ether oxygens (including phenoxy) is 1. The topological polar surface area (TPSA) is 38.3 Å². The van der Waals surface area contributed by atoms with E-state index in [1.807, 2.05) is 38.1 Å². The molecule has 3 heteroatoms. The molecule has 0 aliphatic carbocycles. The van der Waals surface area contributed by atoms with E-state index in [9.17, 15) is 4.79 Å². The lowest BCUT2D eigenvalue weighted by molar-refractivity contribution is 0.115. The number of carbonyl (C=O) groups excluding carboxylic acids is 1. The van der Waals surface area contributed by atoms with Gasteiger partial charge in [-0.1, -0.05) is 36.9 Å². The van der Waals surface area contributed by atoms with Crippen LogP contribution in [0, 0.1) is 0 Å². The minimum atomic E-state index is -0.386. The third-order valence-corrected chi connectivity index (χ3v) is 2.00. The number of hydrogen-bond donors (Lipinski definition) is 1. The van der Waals surface area contributed by atoms with E-state index in [1.54, 1.807) is 6.08 Å². The highest BCUT2D eigenvalue weighted by Crippen LogP contribution is 2.05. The summed E-state index contributed by atoms with van der Waals surface area (Å²) in [4.78, 5) is 11.2. The molecule has 0 heterocycles. The molecule has 0 atom stereocenters. The maximum atomic E-state index is 11.2. The number of alkyl carbamates (subject to hydrolysis) is 1. The summed E-state index contributed by atoms with van der Waals surface area (Å²) >= 11 is 0. The van der Waals surface area contributed by atoms with Crippen LogP contribution < -0.4 is 5.32 Å². The van der Waals surface area contributed by atoms with Gasteiger partial charge in [-0.15, -0.1) is 0 Å². The molecular weight excluding hydrogens is 202 g/mol. The molecule has 86 valence electrons. The first-order chi connectivity index (χ1) is 7.61. The van der Waals surface area contributed by atoms with Crippen LogP contribution in [0.4, 0.5) is 4.79 Å². The van der Waals surface area contributed by atoms with Crippen LogP contribution in [0.15, 0.2) is 30.8 Å². The predicted molar refractivity (Wildman–Crippen MR) is 65.0 cm³/mol. The lowest BCUT2D eigenvalue weighted by Gasteiger charge is -2.09. The second kappa shape index (κ2) is 5.95. The van der Waals surface area contributed by atoms with Gasteiger partial charge in [0.2, 0.25) is 0 Å². The van der Waals surface area contributed by atoms with Crippen LogP contribution >= 0.6 is 0 Å². The van der Waals surface area contributed by atoms with Gasteiger partial charge in [-0.2, -0.15) is 0 Å². The normalized spacial score (nSPS) is 9.94. The molecule has 0 spiro atoms. The Morgan fingerprint density at radius 3 is 2.56 bits per heavy atom. The molecular formula is C13H17NO2. The zero-order chi connectivity index (χ0) is 12.0. The average molecular weight is 219 g/mol. The molecule has 0 fully saturated rings. The molecule has 0 bridgehead atoms. The number of nitrogens with one attached hydrogen (secondary N) is 1. The average Bonchev–Trinajstić information content (AvgIpc) is 2.26. The van der Waals surface area contributed by atoms with Crippen molar-refractivity contribution in [1.29, 1.82) is 0 Å². The second-order valence-corrected chi connectivity index (χ2v) is 3.75. The summed E-state index contributed by atoms with van der Waals surface area (Å²) in [5.74, 6) is 0. The van der Waals surface area contributed by atoms with Crippen molar-refractivity contribution in [3.8, 4) is 0 Å². The molecule has 0 saturated carbocycles. The minimum Gasteiger partial charge on any atom is -0.447 e. The van der Waals surface area contributed by atoms with Crippen molar-refractivity contribution < 1.29 is 9.53 Å². The zero-order valence-electron chi connectivity index (χ0n) is 9.69. The summed E-state index contributed by atoms with van der Waals surface area (Å²) in [6.45, 7) is 7.79. The highest BCUT2D eigenvalue weighted by Gasteiger charge is 2.03. The Kier molecular flexibility index (Phi) is 4.58. The highest BCUT2D eigenvalue weighted by atomic mass is 16.6. The first-order valence-corrected chi connectivity index (χ1v) is 5.27. The summed E-state index contributed by atoms with van der Waals surface area (Å²) in [6, 6.07) is 7.81. The van der Waals surface area contributed by atoms with Crippen molar-refractivity contribution in [1.82, 2.24) is 5.32 Å². The minimum absolute atomic E-state index is 0.0943. The molecule has 0 aliphatic rings. The Morgan fingerprint density at radius 1 is 1.44 bits per heavy atom. The maximum absolute atomic E-state index is 11.2. The first-order valence-electron chi connectivity index (χ1n) is 5.27. The van der Waals surface area contributed by atoms with E-state index < -0.39 is 0 Å². The largest absolute Gasteiger partial charge is 0.447 e. The third-order valence-electron chi connectivity index (χ3n) is 2.00. The van der Waals surface area contributed by atoms with E-state index in [0.717, 1.165) is 11.1 Å². The fourth-order valence-corrected chi connectivity index (χ4v) is 1.20. The number of carbonyl (C=O) groups is 1. The Labute approximate surface area is 96.1 Å². The molecule has 3 nitrogen and oxygen atoms in total.